The highest BCUT2D eigenvalue weighted by Crippen LogP contribution is 2.49. The summed E-state index contributed by atoms with van der Waals surface area (Å²) in [5.74, 6) is -1.15. The van der Waals surface area contributed by atoms with Crippen LogP contribution in [0.1, 0.15) is 18.9 Å². The third kappa shape index (κ3) is 3.44. The van der Waals surface area contributed by atoms with Crippen molar-refractivity contribution >= 4 is 6.09 Å². The maximum Gasteiger partial charge on any atom is 0.407 e. The Labute approximate surface area is 152 Å². The molecule has 0 spiro atoms. The summed E-state index contributed by atoms with van der Waals surface area (Å²) < 4.78 is 23.0. The summed E-state index contributed by atoms with van der Waals surface area (Å²) in [5.41, 5.74) is 0.756. The highest BCUT2D eigenvalue weighted by Gasteiger charge is 2.61. The standard InChI is InChI=1S/C19H25NO6/c1-18-10-24-19(25-11-18,26-12-18)16(15-7-14(15)8-21)20-17(22)23-9-13-5-3-2-4-6-13/h2-6,14-16,21H,7-12H2,1H3,(H,20,22)/t14-,15+,16-,18?,19?/m0/s1. The molecule has 0 aromatic heterocycles. The number of benzene rings is 1. The lowest BCUT2D eigenvalue weighted by molar-refractivity contribution is -0.475. The number of ether oxygens (including phenoxy) is 4. The average Bonchev–Trinajstić information content (AvgIpc) is 3.46. The summed E-state index contributed by atoms with van der Waals surface area (Å²) in [6, 6.07) is 8.96. The van der Waals surface area contributed by atoms with Crippen molar-refractivity contribution in [2.24, 2.45) is 17.3 Å². The Morgan fingerprint density at radius 1 is 1.27 bits per heavy atom. The number of hydrogen-bond donors (Lipinski definition) is 2. The SMILES string of the molecule is CC12COC([C@@H](NC(=O)OCc3ccccc3)[C@@H]3C[C@H]3CO)(OC1)OC2. The summed E-state index contributed by atoms with van der Waals surface area (Å²) in [4.78, 5) is 12.4. The van der Waals surface area contributed by atoms with Crippen LogP contribution >= 0.6 is 0 Å². The van der Waals surface area contributed by atoms with Crippen LogP contribution in [0.4, 0.5) is 4.79 Å². The summed E-state index contributed by atoms with van der Waals surface area (Å²) >= 11 is 0. The van der Waals surface area contributed by atoms with Crippen LogP contribution in [0.25, 0.3) is 0 Å². The van der Waals surface area contributed by atoms with Gasteiger partial charge in [0.1, 0.15) is 12.6 Å². The van der Waals surface area contributed by atoms with E-state index in [4.69, 9.17) is 18.9 Å². The number of alkyl carbamates (subject to hydrolysis) is 1. The van der Waals surface area contributed by atoms with E-state index >= 15 is 0 Å². The first-order valence-electron chi connectivity index (χ1n) is 9.04. The van der Waals surface area contributed by atoms with Crippen molar-refractivity contribution in [3.05, 3.63) is 35.9 Å². The topological polar surface area (TPSA) is 86.3 Å². The molecule has 142 valence electrons. The molecule has 4 aliphatic rings. The zero-order valence-electron chi connectivity index (χ0n) is 14.8. The largest absolute Gasteiger partial charge is 0.445 e. The second kappa shape index (κ2) is 6.81. The first-order valence-corrected chi connectivity index (χ1v) is 9.04. The van der Waals surface area contributed by atoms with Crippen LogP contribution in [0.2, 0.25) is 0 Å². The molecule has 1 aromatic carbocycles. The molecule has 1 aliphatic carbocycles. The van der Waals surface area contributed by atoms with Gasteiger partial charge in [0.2, 0.25) is 0 Å². The van der Waals surface area contributed by atoms with Crippen molar-refractivity contribution in [2.45, 2.75) is 32.0 Å². The van der Waals surface area contributed by atoms with Gasteiger partial charge in [-0.2, -0.15) is 0 Å². The Kier molecular flexibility index (Phi) is 4.64. The number of carbonyl (C=O) groups is 1. The monoisotopic (exact) mass is 363 g/mol. The number of fused-ring (bicyclic) bond motifs is 3. The fourth-order valence-electron chi connectivity index (χ4n) is 3.58. The molecule has 3 heterocycles. The molecule has 0 unspecified atom stereocenters. The highest BCUT2D eigenvalue weighted by atomic mass is 16.9. The van der Waals surface area contributed by atoms with Gasteiger partial charge in [0.15, 0.2) is 0 Å². The van der Waals surface area contributed by atoms with Gasteiger partial charge in [-0.3, -0.25) is 0 Å². The van der Waals surface area contributed by atoms with Gasteiger partial charge >= 0.3 is 12.1 Å². The second-order valence-electron chi connectivity index (χ2n) is 7.81. The lowest BCUT2D eigenvalue weighted by Gasteiger charge is -2.53. The molecule has 5 rings (SSSR count). The minimum absolute atomic E-state index is 0.0340. The van der Waals surface area contributed by atoms with E-state index in [2.05, 4.69) is 5.32 Å². The molecule has 2 N–H and O–H groups in total. The number of carbonyl (C=O) groups excluding carboxylic acids is 1. The molecule has 7 nitrogen and oxygen atoms in total. The molecule has 3 saturated heterocycles. The van der Waals surface area contributed by atoms with E-state index in [9.17, 15) is 9.90 Å². The van der Waals surface area contributed by atoms with Gasteiger partial charge < -0.3 is 29.4 Å². The van der Waals surface area contributed by atoms with Gasteiger partial charge in [-0.1, -0.05) is 37.3 Å². The average molecular weight is 363 g/mol. The molecule has 26 heavy (non-hydrogen) atoms. The van der Waals surface area contributed by atoms with Gasteiger partial charge in [0.25, 0.3) is 0 Å². The van der Waals surface area contributed by atoms with E-state index in [0.717, 1.165) is 12.0 Å². The smallest absolute Gasteiger partial charge is 0.407 e. The number of hydrogen-bond acceptors (Lipinski definition) is 6. The zero-order valence-corrected chi connectivity index (χ0v) is 14.8. The second-order valence-corrected chi connectivity index (χ2v) is 7.81. The summed E-state index contributed by atoms with van der Waals surface area (Å²) in [6.07, 6.45) is 0.237. The Balaban J connectivity index is 1.42. The van der Waals surface area contributed by atoms with Crippen molar-refractivity contribution in [1.29, 1.82) is 0 Å². The first kappa shape index (κ1) is 17.7. The molecule has 0 radical (unpaired) electrons. The molecule has 1 amide bonds. The van der Waals surface area contributed by atoms with Crippen LogP contribution in [0.5, 0.6) is 0 Å². The number of amides is 1. The Bertz CT molecular complexity index is 626. The molecule has 4 fully saturated rings. The van der Waals surface area contributed by atoms with Crippen molar-refractivity contribution in [3.63, 3.8) is 0 Å². The minimum Gasteiger partial charge on any atom is -0.445 e. The van der Waals surface area contributed by atoms with Crippen LogP contribution in [-0.2, 0) is 25.6 Å². The molecule has 3 aliphatic heterocycles. The van der Waals surface area contributed by atoms with Crippen molar-refractivity contribution in [2.75, 3.05) is 26.4 Å². The van der Waals surface area contributed by atoms with E-state index in [-0.39, 0.29) is 30.5 Å². The third-order valence-corrected chi connectivity index (χ3v) is 5.37. The molecular weight excluding hydrogens is 338 g/mol. The Morgan fingerprint density at radius 2 is 1.92 bits per heavy atom. The van der Waals surface area contributed by atoms with E-state index < -0.39 is 18.1 Å². The minimum atomic E-state index is -1.29. The summed E-state index contributed by atoms with van der Waals surface area (Å²) in [6.45, 7) is 3.83. The number of nitrogens with one attached hydrogen (secondary N) is 1. The van der Waals surface area contributed by atoms with E-state index in [0.29, 0.717) is 19.8 Å². The molecule has 2 bridgehead atoms. The van der Waals surface area contributed by atoms with E-state index in [1.54, 1.807) is 0 Å². The van der Waals surface area contributed by atoms with Crippen molar-refractivity contribution in [1.82, 2.24) is 5.32 Å². The van der Waals surface area contributed by atoms with Gasteiger partial charge in [-0.15, -0.1) is 0 Å². The highest BCUT2D eigenvalue weighted by molar-refractivity contribution is 5.68. The zero-order chi connectivity index (χ0) is 18.2. The lowest BCUT2D eigenvalue weighted by atomic mass is 9.90. The molecule has 1 saturated carbocycles. The molecular formula is C19H25NO6. The van der Waals surface area contributed by atoms with Crippen LogP contribution < -0.4 is 5.32 Å². The van der Waals surface area contributed by atoms with Gasteiger partial charge in [0.05, 0.1) is 19.8 Å². The maximum absolute atomic E-state index is 12.4. The maximum atomic E-state index is 12.4. The first-order chi connectivity index (χ1) is 12.5. The fourth-order valence-corrected chi connectivity index (χ4v) is 3.58. The van der Waals surface area contributed by atoms with Crippen molar-refractivity contribution in [3.8, 4) is 0 Å². The normalized spacial score (nSPS) is 36.4. The van der Waals surface area contributed by atoms with Crippen LogP contribution in [0.3, 0.4) is 0 Å². The predicted molar refractivity (Wildman–Crippen MR) is 90.9 cm³/mol. The van der Waals surface area contributed by atoms with Crippen molar-refractivity contribution < 1.29 is 28.8 Å². The number of aliphatic hydroxyl groups excluding tert-OH is 1. The third-order valence-electron chi connectivity index (χ3n) is 5.37. The molecule has 3 atom stereocenters. The number of aliphatic hydroxyl groups is 1. The summed E-state index contributed by atoms with van der Waals surface area (Å²) in [5, 5.41) is 12.3. The van der Waals surface area contributed by atoms with Gasteiger partial charge in [0, 0.05) is 12.0 Å². The van der Waals surface area contributed by atoms with Gasteiger partial charge in [-0.25, -0.2) is 4.79 Å². The van der Waals surface area contributed by atoms with Gasteiger partial charge in [-0.05, 0) is 23.8 Å². The lowest BCUT2D eigenvalue weighted by Crippen LogP contribution is -2.68. The number of rotatable bonds is 6. The summed E-state index contributed by atoms with van der Waals surface area (Å²) in [7, 11) is 0. The Hall–Kier alpha value is -1.67. The van der Waals surface area contributed by atoms with Crippen LogP contribution in [0, 0.1) is 17.3 Å². The quantitative estimate of drug-likeness (QED) is 0.799. The van der Waals surface area contributed by atoms with Crippen LogP contribution in [-0.4, -0.2) is 49.6 Å². The predicted octanol–water partition coefficient (Wildman–Crippen LogP) is 1.65. The van der Waals surface area contributed by atoms with E-state index in [1.165, 1.54) is 0 Å². The fraction of sp³-hybridized carbons (Fsp3) is 0.632. The molecule has 7 heteroatoms. The molecule has 1 aromatic rings. The van der Waals surface area contributed by atoms with Crippen LogP contribution in [0.15, 0.2) is 30.3 Å². The Morgan fingerprint density at radius 3 is 2.50 bits per heavy atom. The van der Waals surface area contributed by atoms with E-state index in [1.807, 2.05) is 37.3 Å².